The molecular formula is C18H20N4O3. The lowest BCUT2D eigenvalue weighted by molar-refractivity contribution is 0.0512. The summed E-state index contributed by atoms with van der Waals surface area (Å²) in [5, 5.41) is 10.3. The smallest absolute Gasteiger partial charge is 0.371 e. The molecular weight excluding hydrogens is 320 g/mol. The third-order valence-electron chi connectivity index (χ3n) is 4.80. The van der Waals surface area contributed by atoms with Gasteiger partial charge in [0, 0.05) is 36.8 Å². The monoisotopic (exact) mass is 340 g/mol. The van der Waals surface area contributed by atoms with E-state index < -0.39 is 12.1 Å². The van der Waals surface area contributed by atoms with Gasteiger partial charge in [0.2, 0.25) is 0 Å². The Bertz CT molecular complexity index is 829. The van der Waals surface area contributed by atoms with Crippen molar-refractivity contribution in [1.29, 1.82) is 0 Å². The number of hydrogen-bond donors (Lipinski definition) is 2. The number of hydrogen-bond acceptors (Lipinski definition) is 5. The Labute approximate surface area is 145 Å². The number of rotatable bonds is 1. The van der Waals surface area contributed by atoms with Gasteiger partial charge in [-0.2, -0.15) is 5.10 Å². The van der Waals surface area contributed by atoms with Crippen molar-refractivity contribution in [2.45, 2.75) is 25.8 Å². The van der Waals surface area contributed by atoms with Crippen molar-refractivity contribution < 1.29 is 14.3 Å². The van der Waals surface area contributed by atoms with Gasteiger partial charge in [-0.15, -0.1) is 0 Å². The maximum atomic E-state index is 12.5. The lowest BCUT2D eigenvalue weighted by atomic mass is 9.89. The summed E-state index contributed by atoms with van der Waals surface area (Å²) < 4.78 is 5.09. The number of piperazine rings is 1. The van der Waals surface area contributed by atoms with E-state index in [4.69, 9.17) is 4.74 Å². The molecule has 1 aliphatic heterocycles. The maximum Gasteiger partial charge on any atom is 0.417 e. The average Bonchev–Trinajstić information content (AvgIpc) is 3.06. The molecule has 1 unspecified atom stereocenters. The molecule has 7 heteroatoms. The van der Waals surface area contributed by atoms with E-state index in [0.717, 1.165) is 23.2 Å². The van der Waals surface area contributed by atoms with Gasteiger partial charge < -0.3 is 15.0 Å². The number of H-pyrrole nitrogens is 1. The van der Waals surface area contributed by atoms with Gasteiger partial charge in [-0.05, 0) is 25.3 Å². The number of nitrogens with zero attached hydrogens (tertiary/aromatic N) is 2. The molecule has 1 aromatic carbocycles. The first-order valence-corrected chi connectivity index (χ1v) is 8.53. The van der Waals surface area contributed by atoms with Gasteiger partial charge in [0.1, 0.15) is 5.69 Å². The summed E-state index contributed by atoms with van der Waals surface area (Å²) in [5.41, 5.74) is 4.12. The molecule has 25 heavy (non-hydrogen) atoms. The third kappa shape index (κ3) is 2.91. The summed E-state index contributed by atoms with van der Waals surface area (Å²) in [5.74, 6) is -0.663. The topological polar surface area (TPSA) is 87.3 Å². The summed E-state index contributed by atoms with van der Waals surface area (Å²) in [6.45, 7) is 3.75. The van der Waals surface area contributed by atoms with Crippen molar-refractivity contribution in [2.24, 2.45) is 0 Å². The number of ether oxygens (including phenoxy) is 1. The second-order valence-electron chi connectivity index (χ2n) is 6.54. The number of amides is 1. The van der Waals surface area contributed by atoms with Gasteiger partial charge in [0.15, 0.2) is 0 Å². The third-order valence-corrected chi connectivity index (χ3v) is 4.80. The van der Waals surface area contributed by atoms with Gasteiger partial charge >= 0.3 is 12.1 Å². The van der Waals surface area contributed by atoms with E-state index in [9.17, 15) is 9.59 Å². The molecule has 1 amide bonds. The highest BCUT2D eigenvalue weighted by molar-refractivity contribution is 5.97. The van der Waals surface area contributed by atoms with Crippen LogP contribution in [0, 0.1) is 0 Å². The van der Waals surface area contributed by atoms with Crippen LogP contribution in [0.2, 0.25) is 0 Å². The zero-order valence-electron chi connectivity index (χ0n) is 14.0. The molecule has 2 N–H and O–H groups in total. The van der Waals surface area contributed by atoms with Crippen molar-refractivity contribution in [2.75, 3.05) is 19.6 Å². The molecule has 1 fully saturated rings. The predicted molar refractivity (Wildman–Crippen MR) is 91.3 cm³/mol. The first-order chi connectivity index (χ1) is 12.1. The van der Waals surface area contributed by atoms with E-state index >= 15 is 0 Å². The summed E-state index contributed by atoms with van der Waals surface area (Å²) in [4.78, 5) is 26.3. The van der Waals surface area contributed by atoms with Crippen LogP contribution < -0.4 is 5.32 Å². The van der Waals surface area contributed by atoms with Crippen molar-refractivity contribution in [3.8, 4) is 11.3 Å². The Hall–Kier alpha value is -2.67. The number of benzene rings is 1. The largest absolute Gasteiger partial charge is 0.417 e. The molecule has 0 spiro atoms. The Morgan fingerprint density at radius 1 is 1.28 bits per heavy atom. The Kier molecular flexibility index (Phi) is 4.01. The van der Waals surface area contributed by atoms with Crippen LogP contribution in [-0.4, -0.2) is 52.8 Å². The lowest BCUT2D eigenvalue weighted by Gasteiger charge is -2.30. The second kappa shape index (κ2) is 6.33. The lowest BCUT2D eigenvalue weighted by Crippen LogP contribution is -2.51. The van der Waals surface area contributed by atoms with E-state index in [1.54, 1.807) is 4.90 Å². The molecule has 1 atom stereocenters. The molecule has 2 heterocycles. The fraction of sp³-hybridized carbons (Fsp3) is 0.389. The molecule has 4 rings (SSSR count). The zero-order chi connectivity index (χ0) is 17.4. The predicted octanol–water partition coefficient (Wildman–Crippen LogP) is 1.75. The first-order valence-electron chi connectivity index (χ1n) is 8.53. The van der Waals surface area contributed by atoms with Crippen molar-refractivity contribution in [3.05, 3.63) is 41.1 Å². The number of fused-ring (bicyclic) bond motifs is 3. The molecule has 0 radical (unpaired) electrons. The summed E-state index contributed by atoms with van der Waals surface area (Å²) >= 11 is 0. The highest BCUT2D eigenvalue weighted by atomic mass is 16.6. The molecule has 2 aliphatic rings. The summed E-state index contributed by atoms with van der Waals surface area (Å²) in [6.07, 6.45) is 0.941. The van der Waals surface area contributed by atoms with E-state index in [2.05, 4.69) is 21.6 Å². The maximum absolute atomic E-state index is 12.5. The van der Waals surface area contributed by atoms with Crippen molar-refractivity contribution in [1.82, 2.24) is 20.4 Å². The highest BCUT2D eigenvalue weighted by Crippen LogP contribution is 2.33. The van der Waals surface area contributed by atoms with Gasteiger partial charge in [-0.3, -0.25) is 5.10 Å². The van der Waals surface area contributed by atoms with E-state index in [-0.39, 0.29) is 11.7 Å². The van der Waals surface area contributed by atoms with Crippen molar-refractivity contribution >= 4 is 12.1 Å². The number of aromatic amines is 1. The quantitative estimate of drug-likeness (QED) is 0.610. The van der Waals surface area contributed by atoms with Crippen LogP contribution in [0.25, 0.3) is 11.3 Å². The van der Waals surface area contributed by atoms with Gasteiger partial charge in [-0.25, -0.2) is 9.59 Å². The van der Waals surface area contributed by atoms with Crippen LogP contribution in [0.4, 0.5) is 4.79 Å². The normalized spacial score (nSPS) is 19.1. The molecule has 1 aromatic heterocycles. The van der Waals surface area contributed by atoms with Crippen LogP contribution in [0.3, 0.4) is 0 Å². The zero-order valence-corrected chi connectivity index (χ0v) is 14.0. The number of aryl methyl sites for hydroxylation is 1. The number of esters is 1. The fourth-order valence-electron chi connectivity index (χ4n) is 3.52. The van der Waals surface area contributed by atoms with E-state index in [1.807, 2.05) is 25.1 Å². The van der Waals surface area contributed by atoms with Crippen molar-refractivity contribution in [3.63, 3.8) is 0 Å². The SMILES string of the molecule is CC1CN(C(=O)OC(=O)c2[nH]nc3c2CCc2ccccc2-3)CCN1. The summed E-state index contributed by atoms with van der Waals surface area (Å²) in [6, 6.07) is 8.21. The van der Waals surface area contributed by atoms with E-state index in [1.165, 1.54) is 5.56 Å². The molecule has 2 aromatic rings. The fourth-order valence-corrected chi connectivity index (χ4v) is 3.52. The number of carbonyl (C=O) groups excluding carboxylic acids is 2. The average molecular weight is 340 g/mol. The van der Waals surface area contributed by atoms with Crippen LogP contribution in [-0.2, 0) is 17.6 Å². The molecule has 130 valence electrons. The van der Waals surface area contributed by atoms with Crippen LogP contribution in [0.1, 0.15) is 28.5 Å². The highest BCUT2D eigenvalue weighted by Gasteiger charge is 2.29. The summed E-state index contributed by atoms with van der Waals surface area (Å²) in [7, 11) is 0. The minimum Gasteiger partial charge on any atom is -0.371 e. The Morgan fingerprint density at radius 3 is 2.96 bits per heavy atom. The number of nitrogens with one attached hydrogen (secondary N) is 2. The molecule has 0 bridgehead atoms. The number of carbonyl (C=O) groups is 2. The molecule has 0 saturated carbocycles. The molecule has 1 aliphatic carbocycles. The van der Waals surface area contributed by atoms with Crippen LogP contribution >= 0.6 is 0 Å². The van der Waals surface area contributed by atoms with Crippen LogP contribution in [0.5, 0.6) is 0 Å². The van der Waals surface area contributed by atoms with Crippen LogP contribution in [0.15, 0.2) is 24.3 Å². The minimum absolute atomic E-state index is 0.188. The first kappa shape index (κ1) is 15.8. The van der Waals surface area contributed by atoms with Gasteiger partial charge in [0.25, 0.3) is 0 Å². The standard InChI is InChI=1S/C18H20N4O3/c1-11-10-22(9-8-19-11)18(24)25-17(23)16-14-7-6-12-4-2-3-5-13(12)15(14)20-21-16/h2-5,11,19H,6-10H2,1H3,(H,20,21). The van der Waals surface area contributed by atoms with Gasteiger partial charge in [-0.1, -0.05) is 24.3 Å². The molecule has 1 saturated heterocycles. The Balaban J connectivity index is 1.53. The minimum atomic E-state index is -0.663. The number of aromatic nitrogens is 2. The molecule has 7 nitrogen and oxygen atoms in total. The van der Waals surface area contributed by atoms with Gasteiger partial charge in [0.05, 0.1) is 5.69 Å². The van der Waals surface area contributed by atoms with E-state index in [0.29, 0.717) is 26.1 Å². The second-order valence-corrected chi connectivity index (χ2v) is 6.54. The Morgan fingerprint density at radius 2 is 2.12 bits per heavy atom.